The van der Waals surface area contributed by atoms with E-state index in [9.17, 15) is 4.79 Å². The summed E-state index contributed by atoms with van der Waals surface area (Å²) in [5, 5.41) is 3.94. The van der Waals surface area contributed by atoms with E-state index in [0.29, 0.717) is 27.1 Å². The molecule has 0 atom stereocenters. The first-order valence-electron chi connectivity index (χ1n) is 7.48. The summed E-state index contributed by atoms with van der Waals surface area (Å²) in [6.45, 7) is 0. The molecule has 3 aromatic rings. The number of hydrogen-bond donors (Lipinski definition) is 4. The van der Waals surface area contributed by atoms with Crippen molar-refractivity contribution in [1.82, 2.24) is 15.4 Å². The van der Waals surface area contributed by atoms with Crippen molar-refractivity contribution in [1.29, 1.82) is 0 Å². The van der Waals surface area contributed by atoms with Crippen LogP contribution in [0.3, 0.4) is 0 Å². The number of anilines is 4. The van der Waals surface area contributed by atoms with E-state index in [1.165, 1.54) is 6.33 Å². The van der Waals surface area contributed by atoms with Crippen LogP contribution in [-0.4, -0.2) is 15.9 Å². The average molecular weight is 389 g/mol. The molecule has 2 aromatic carbocycles. The maximum atomic E-state index is 12.1. The van der Waals surface area contributed by atoms with Gasteiger partial charge in [-0.1, -0.05) is 41.4 Å². The van der Waals surface area contributed by atoms with Gasteiger partial charge in [-0.3, -0.25) is 15.6 Å². The fourth-order valence-electron chi connectivity index (χ4n) is 2.09. The molecule has 9 heteroatoms. The summed E-state index contributed by atoms with van der Waals surface area (Å²) in [7, 11) is 0. The predicted octanol–water partition coefficient (Wildman–Crippen LogP) is 3.87. The predicted molar refractivity (Wildman–Crippen MR) is 104 cm³/mol. The second-order valence-corrected chi connectivity index (χ2v) is 6.02. The minimum absolute atomic E-state index is 0.215. The van der Waals surface area contributed by atoms with Crippen LogP contribution in [0, 0.1) is 0 Å². The van der Waals surface area contributed by atoms with Gasteiger partial charge in [0.25, 0.3) is 5.91 Å². The highest BCUT2D eigenvalue weighted by Crippen LogP contribution is 2.31. The van der Waals surface area contributed by atoms with Crippen LogP contribution in [0.2, 0.25) is 10.0 Å². The van der Waals surface area contributed by atoms with Crippen LogP contribution in [0.15, 0.2) is 54.9 Å². The van der Waals surface area contributed by atoms with E-state index < -0.39 is 0 Å². The number of rotatable bonds is 5. The van der Waals surface area contributed by atoms with E-state index in [1.807, 2.05) is 6.07 Å². The first-order chi connectivity index (χ1) is 12.5. The number of hydrazine groups is 1. The van der Waals surface area contributed by atoms with Gasteiger partial charge in [-0.25, -0.2) is 9.97 Å². The van der Waals surface area contributed by atoms with Crippen molar-refractivity contribution in [2.24, 2.45) is 0 Å². The second kappa shape index (κ2) is 7.90. The molecule has 0 unspecified atom stereocenters. The summed E-state index contributed by atoms with van der Waals surface area (Å²) in [5.74, 6) is 0.261. The zero-order valence-electron chi connectivity index (χ0n) is 13.3. The Balaban J connectivity index is 1.74. The summed E-state index contributed by atoms with van der Waals surface area (Å²) in [6.07, 6.45) is 1.31. The van der Waals surface area contributed by atoms with E-state index in [1.54, 1.807) is 42.5 Å². The van der Waals surface area contributed by atoms with Gasteiger partial charge in [-0.2, -0.15) is 0 Å². The molecule has 0 aliphatic rings. The number of amides is 1. The third kappa shape index (κ3) is 4.14. The van der Waals surface area contributed by atoms with Crippen LogP contribution in [0.25, 0.3) is 0 Å². The molecule has 26 heavy (non-hydrogen) atoms. The molecule has 5 N–H and O–H groups in total. The van der Waals surface area contributed by atoms with Gasteiger partial charge in [0.05, 0.1) is 10.7 Å². The van der Waals surface area contributed by atoms with E-state index in [2.05, 4.69) is 26.1 Å². The summed E-state index contributed by atoms with van der Waals surface area (Å²) in [5.41, 5.74) is 12.6. The maximum Gasteiger partial charge on any atom is 0.269 e. The second-order valence-electron chi connectivity index (χ2n) is 5.18. The average Bonchev–Trinajstić information content (AvgIpc) is 2.65. The highest BCUT2D eigenvalue weighted by Gasteiger charge is 2.11. The van der Waals surface area contributed by atoms with Gasteiger partial charge in [0, 0.05) is 10.6 Å². The Morgan fingerprint density at radius 3 is 2.46 bits per heavy atom. The largest absolute Gasteiger partial charge is 0.393 e. The molecule has 0 saturated heterocycles. The molecule has 3 rings (SSSR count). The van der Waals surface area contributed by atoms with E-state index in [4.69, 9.17) is 28.9 Å². The molecule has 0 radical (unpaired) electrons. The normalized spacial score (nSPS) is 10.2. The van der Waals surface area contributed by atoms with Gasteiger partial charge in [0.15, 0.2) is 11.6 Å². The lowest BCUT2D eigenvalue weighted by atomic mass is 10.2. The van der Waals surface area contributed by atoms with Gasteiger partial charge in [-0.15, -0.1) is 0 Å². The fraction of sp³-hybridized carbons (Fsp3) is 0. The summed E-state index contributed by atoms with van der Waals surface area (Å²) in [4.78, 5) is 20.2. The standard InChI is InChI=1S/C17H14Cl2N6O/c18-11-6-7-13(12(19)8-11)23-15-14(20)16(22-9-21-15)24-25-17(26)10-4-2-1-3-5-10/h1-9H,20H2,(H,25,26)(H2,21,22,23,24). The lowest BCUT2D eigenvalue weighted by Crippen LogP contribution is -2.30. The smallest absolute Gasteiger partial charge is 0.269 e. The first kappa shape index (κ1) is 17.8. The van der Waals surface area contributed by atoms with Crippen LogP contribution in [0.4, 0.5) is 23.0 Å². The molecule has 0 spiro atoms. The van der Waals surface area contributed by atoms with E-state index in [0.717, 1.165) is 0 Å². The minimum atomic E-state index is -0.320. The number of halogens is 2. The molecule has 0 saturated carbocycles. The number of carbonyl (C=O) groups excluding carboxylic acids is 1. The summed E-state index contributed by atoms with van der Waals surface area (Å²) < 4.78 is 0. The topological polar surface area (TPSA) is 105 Å². The Hall–Kier alpha value is -3.03. The Labute approximate surface area is 159 Å². The molecule has 132 valence electrons. The van der Waals surface area contributed by atoms with Crippen molar-refractivity contribution in [3.05, 3.63) is 70.5 Å². The Bertz CT molecular complexity index is 936. The minimum Gasteiger partial charge on any atom is -0.393 e. The number of aromatic nitrogens is 2. The van der Waals surface area contributed by atoms with Crippen LogP contribution in [0.5, 0.6) is 0 Å². The molecular weight excluding hydrogens is 375 g/mol. The van der Waals surface area contributed by atoms with Crippen molar-refractivity contribution in [3.63, 3.8) is 0 Å². The van der Waals surface area contributed by atoms with Gasteiger partial charge < -0.3 is 11.1 Å². The third-order valence-electron chi connectivity index (χ3n) is 3.40. The Morgan fingerprint density at radius 2 is 1.73 bits per heavy atom. The Morgan fingerprint density at radius 1 is 1.00 bits per heavy atom. The van der Waals surface area contributed by atoms with Gasteiger partial charge in [0.2, 0.25) is 0 Å². The SMILES string of the molecule is Nc1c(NNC(=O)c2ccccc2)ncnc1Nc1ccc(Cl)cc1Cl. The number of benzene rings is 2. The molecule has 0 aliphatic carbocycles. The van der Waals surface area contributed by atoms with Crippen LogP contribution in [-0.2, 0) is 0 Å². The summed E-state index contributed by atoms with van der Waals surface area (Å²) in [6, 6.07) is 13.7. The maximum absolute atomic E-state index is 12.1. The lowest BCUT2D eigenvalue weighted by molar-refractivity contribution is 0.0962. The number of nitrogens with two attached hydrogens (primary N) is 1. The fourth-order valence-corrected chi connectivity index (χ4v) is 2.55. The molecule has 7 nitrogen and oxygen atoms in total. The molecule has 1 amide bonds. The molecule has 1 heterocycles. The zero-order valence-corrected chi connectivity index (χ0v) is 14.8. The highest BCUT2D eigenvalue weighted by molar-refractivity contribution is 6.36. The van der Waals surface area contributed by atoms with Crippen molar-refractivity contribution < 1.29 is 4.79 Å². The third-order valence-corrected chi connectivity index (χ3v) is 3.95. The lowest BCUT2D eigenvalue weighted by Gasteiger charge is -2.14. The molecular formula is C17H14Cl2N6O. The number of hydrogen-bond acceptors (Lipinski definition) is 6. The highest BCUT2D eigenvalue weighted by atomic mass is 35.5. The van der Waals surface area contributed by atoms with Crippen molar-refractivity contribution in [2.75, 3.05) is 16.5 Å². The van der Waals surface area contributed by atoms with Crippen LogP contribution in [0.1, 0.15) is 10.4 Å². The molecule has 0 aliphatic heterocycles. The monoisotopic (exact) mass is 388 g/mol. The molecule has 1 aromatic heterocycles. The quantitative estimate of drug-likeness (QED) is 0.494. The Kier molecular flexibility index (Phi) is 5.40. The first-order valence-corrected chi connectivity index (χ1v) is 8.24. The zero-order chi connectivity index (χ0) is 18.5. The van der Waals surface area contributed by atoms with Gasteiger partial charge in [-0.05, 0) is 30.3 Å². The van der Waals surface area contributed by atoms with Crippen molar-refractivity contribution in [2.45, 2.75) is 0 Å². The van der Waals surface area contributed by atoms with Gasteiger partial charge in [0.1, 0.15) is 12.0 Å². The van der Waals surface area contributed by atoms with E-state index >= 15 is 0 Å². The summed E-state index contributed by atoms with van der Waals surface area (Å²) >= 11 is 12.0. The number of nitrogens with zero attached hydrogens (tertiary/aromatic N) is 2. The van der Waals surface area contributed by atoms with E-state index in [-0.39, 0.29) is 17.4 Å². The van der Waals surface area contributed by atoms with Crippen LogP contribution >= 0.6 is 23.2 Å². The number of nitrogens with one attached hydrogen (secondary N) is 3. The molecule has 0 fully saturated rings. The van der Waals surface area contributed by atoms with Crippen molar-refractivity contribution >= 4 is 52.1 Å². The van der Waals surface area contributed by atoms with Crippen molar-refractivity contribution in [3.8, 4) is 0 Å². The van der Waals surface area contributed by atoms with Crippen LogP contribution < -0.4 is 21.9 Å². The number of carbonyl (C=O) groups is 1. The number of nitrogen functional groups attached to an aromatic ring is 1. The molecule has 0 bridgehead atoms. The van der Waals surface area contributed by atoms with Gasteiger partial charge >= 0.3 is 0 Å².